The van der Waals surface area contributed by atoms with Gasteiger partial charge in [-0.15, -0.1) is 5.10 Å². The van der Waals surface area contributed by atoms with Crippen LogP contribution in [0, 0.1) is 24.4 Å². The molecule has 4 heterocycles. The fourth-order valence-electron chi connectivity index (χ4n) is 5.63. The first kappa shape index (κ1) is 22.2. The van der Waals surface area contributed by atoms with Crippen molar-refractivity contribution in [2.75, 3.05) is 19.5 Å². The molecule has 1 aliphatic heterocycles. The van der Waals surface area contributed by atoms with Crippen molar-refractivity contribution in [2.45, 2.75) is 30.6 Å². The van der Waals surface area contributed by atoms with Gasteiger partial charge in [-0.05, 0) is 49.9 Å². The zero-order chi connectivity index (χ0) is 30.0. The Bertz CT molecular complexity index is 1950. The molecule has 0 radical (unpaired) electrons. The van der Waals surface area contributed by atoms with E-state index in [1.54, 1.807) is 35.9 Å². The Hall–Kier alpha value is -3.70. The van der Waals surface area contributed by atoms with E-state index < -0.39 is 34.4 Å². The molecule has 3 aromatic heterocycles. The van der Waals surface area contributed by atoms with Crippen LogP contribution in [0.25, 0.3) is 33.2 Å². The SMILES string of the molecule is [2H]C([2H])([2H])c1nnn(C)c1-c1cnc2c3c(F)cc(S(C)(=O)=O)cc3n([C@H](c3ccccc3F)C3CCOCC3)c2c1. The van der Waals surface area contributed by atoms with Crippen LogP contribution in [0.2, 0.25) is 0 Å². The molecule has 0 aliphatic carbocycles. The molecule has 1 atom stereocenters. The minimum atomic E-state index is -3.82. The number of pyridine rings is 1. The van der Waals surface area contributed by atoms with Gasteiger partial charge in [-0.3, -0.25) is 4.98 Å². The van der Waals surface area contributed by atoms with Crippen LogP contribution in [0.5, 0.6) is 0 Å². The molecule has 0 saturated carbocycles. The third-order valence-corrected chi connectivity index (χ3v) is 8.50. The maximum atomic E-state index is 15.9. The number of aryl methyl sites for hydroxylation is 2. The molecule has 0 unspecified atom stereocenters. The Morgan fingerprint density at radius 1 is 1.10 bits per heavy atom. The second kappa shape index (κ2) is 9.49. The number of rotatable bonds is 5. The summed E-state index contributed by atoms with van der Waals surface area (Å²) in [5, 5.41) is 7.84. The maximum Gasteiger partial charge on any atom is 0.175 e. The summed E-state index contributed by atoms with van der Waals surface area (Å²) in [7, 11) is -2.26. The molecule has 202 valence electrons. The van der Waals surface area contributed by atoms with Crippen LogP contribution in [-0.4, -0.2) is 52.4 Å². The molecule has 5 aromatic rings. The van der Waals surface area contributed by atoms with Crippen LogP contribution >= 0.6 is 0 Å². The highest BCUT2D eigenvalue weighted by Crippen LogP contribution is 2.43. The number of halogens is 2. The van der Waals surface area contributed by atoms with Crippen LogP contribution in [0.1, 0.15) is 34.3 Å². The topological polar surface area (TPSA) is 91.9 Å². The first-order valence-corrected chi connectivity index (χ1v) is 14.3. The quantitative estimate of drug-likeness (QED) is 0.304. The van der Waals surface area contributed by atoms with E-state index in [9.17, 15) is 8.42 Å². The lowest BCUT2D eigenvalue weighted by Crippen LogP contribution is -2.27. The van der Waals surface area contributed by atoms with Crippen molar-refractivity contribution in [2.24, 2.45) is 13.0 Å². The Morgan fingerprint density at radius 2 is 1.87 bits per heavy atom. The van der Waals surface area contributed by atoms with Crippen LogP contribution in [0.15, 0.2) is 53.6 Å². The molecule has 2 aromatic carbocycles. The van der Waals surface area contributed by atoms with Gasteiger partial charge in [0.25, 0.3) is 0 Å². The number of hydrogen-bond donors (Lipinski definition) is 0. The third-order valence-electron chi connectivity index (χ3n) is 7.41. The number of sulfone groups is 1. The number of benzene rings is 2. The van der Waals surface area contributed by atoms with Crippen molar-refractivity contribution in [3.8, 4) is 11.3 Å². The zero-order valence-electron chi connectivity index (χ0n) is 24.2. The maximum absolute atomic E-state index is 15.9. The van der Waals surface area contributed by atoms with Gasteiger partial charge in [0.05, 0.1) is 44.3 Å². The van der Waals surface area contributed by atoms with E-state index in [1.807, 2.05) is 0 Å². The average molecular weight is 555 g/mol. The Balaban J connectivity index is 1.75. The summed E-state index contributed by atoms with van der Waals surface area (Å²) in [5.41, 5.74) is 1.52. The number of fused-ring (bicyclic) bond motifs is 3. The van der Waals surface area contributed by atoms with Crippen molar-refractivity contribution in [1.29, 1.82) is 0 Å². The van der Waals surface area contributed by atoms with Crippen LogP contribution in [0.3, 0.4) is 0 Å². The Morgan fingerprint density at radius 3 is 2.59 bits per heavy atom. The van der Waals surface area contributed by atoms with E-state index in [0.29, 0.717) is 42.7 Å². The van der Waals surface area contributed by atoms with E-state index in [0.717, 1.165) is 12.3 Å². The monoisotopic (exact) mass is 554 g/mol. The summed E-state index contributed by atoms with van der Waals surface area (Å²) < 4.78 is 89.1. The van der Waals surface area contributed by atoms with Gasteiger partial charge >= 0.3 is 0 Å². The number of ether oxygens (including phenoxy) is 1. The number of nitrogens with zero attached hydrogens (tertiary/aromatic N) is 5. The van der Waals surface area contributed by atoms with Gasteiger partial charge in [0.1, 0.15) is 11.6 Å². The molecular weight excluding hydrogens is 524 g/mol. The van der Waals surface area contributed by atoms with Crippen molar-refractivity contribution >= 4 is 31.8 Å². The molecule has 0 amide bonds. The molecule has 6 rings (SSSR count). The molecule has 39 heavy (non-hydrogen) atoms. The van der Waals surface area contributed by atoms with Gasteiger partial charge in [-0.2, -0.15) is 0 Å². The van der Waals surface area contributed by atoms with Crippen molar-refractivity contribution < 1.29 is 26.0 Å². The summed E-state index contributed by atoms with van der Waals surface area (Å²) in [5.74, 6) is -1.41. The molecule has 11 heteroatoms. The third kappa shape index (κ3) is 4.29. The van der Waals surface area contributed by atoms with Gasteiger partial charge in [-0.1, -0.05) is 23.4 Å². The lowest BCUT2D eigenvalue weighted by molar-refractivity contribution is 0.0548. The summed E-state index contributed by atoms with van der Waals surface area (Å²) in [4.78, 5) is 4.34. The zero-order valence-corrected chi connectivity index (χ0v) is 22.0. The lowest BCUT2D eigenvalue weighted by Gasteiger charge is -2.33. The lowest BCUT2D eigenvalue weighted by atomic mass is 9.86. The van der Waals surface area contributed by atoms with Crippen molar-refractivity contribution in [1.82, 2.24) is 24.5 Å². The highest BCUT2D eigenvalue weighted by atomic mass is 32.2. The average Bonchev–Trinajstić information content (AvgIpc) is 3.48. The van der Waals surface area contributed by atoms with Crippen molar-refractivity contribution in [3.05, 3.63) is 71.6 Å². The molecular formula is C28H27F2N5O3S. The summed E-state index contributed by atoms with van der Waals surface area (Å²) >= 11 is 0. The Kier molecular flexibility index (Phi) is 5.39. The molecule has 0 spiro atoms. The largest absolute Gasteiger partial charge is 0.381 e. The van der Waals surface area contributed by atoms with Crippen LogP contribution in [-0.2, 0) is 21.6 Å². The van der Waals surface area contributed by atoms with Gasteiger partial charge in [-0.25, -0.2) is 21.9 Å². The fourth-order valence-corrected chi connectivity index (χ4v) is 6.27. The van der Waals surface area contributed by atoms with E-state index in [2.05, 4.69) is 15.3 Å². The molecule has 0 bridgehead atoms. The van der Waals surface area contributed by atoms with E-state index in [-0.39, 0.29) is 38.6 Å². The molecule has 1 aliphatic rings. The summed E-state index contributed by atoms with van der Waals surface area (Å²) in [6.45, 7) is -1.68. The minimum Gasteiger partial charge on any atom is -0.381 e. The highest BCUT2D eigenvalue weighted by Gasteiger charge is 2.33. The van der Waals surface area contributed by atoms with Crippen LogP contribution < -0.4 is 0 Å². The molecule has 8 nitrogen and oxygen atoms in total. The van der Waals surface area contributed by atoms with Crippen LogP contribution in [0.4, 0.5) is 8.78 Å². The predicted molar refractivity (Wildman–Crippen MR) is 143 cm³/mol. The van der Waals surface area contributed by atoms with Gasteiger partial charge in [0.15, 0.2) is 9.84 Å². The second-order valence-electron chi connectivity index (χ2n) is 9.86. The van der Waals surface area contributed by atoms with E-state index in [4.69, 9.17) is 8.85 Å². The number of hydrogen-bond acceptors (Lipinski definition) is 6. The minimum absolute atomic E-state index is 0.0801. The van der Waals surface area contributed by atoms with E-state index >= 15 is 8.78 Å². The molecule has 0 N–H and O–H groups in total. The predicted octanol–water partition coefficient (Wildman–Crippen LogP) is 4.99. The first-order chi connectivity index (χ1) is 19.9. The van der Waals surface area contributed by atoms with Gasteiger partial charge in [0.2, 0.25) is 0 Å². The second-order valence-corrected chi connectivity index (χ2v) is 11.9. The molecule has 1 fully saturated rings. The first-order valence-electron chi connectivity index (χ1n) is 13.9. The summed E-state index contributed by atoms with van der Waals surface area (Å²) in [6, 6.07) is 9.64. The van der Waals surface area contributed by atoms with E-state index in [1.165, 1.54) is 23.0 Å². The highest BCUT2D eigenvalue weighted by molar-refractivity contribution is 7.90. The smallest absolute Gasteiger partial charge is 0.175 e. The van der Waals surface area contributed by atoms with Gasteiger partial charge in [0, 0.05) is 48.0 Å². The Labute approximate surface area is 228 Å². The fraction of sp³-hybridized carbons (Fsp3) is 0.321. The summed E-state index contributed by atoms with van der Waals surface area (Å²) in [6.07, 6.45) is 3.57. The van der Waals surface area contributed by atoms with Gasteiger partial charge < -0.3 is 9.30 Å². The van der Waals surface area contributed by atoms with Crippen molar-refractivity contribution in [3.63, 3.8) is 0 Å². The normalized spacial score (nSPS) is 17.3. The number of aromatic nitrogens is 5. The standard InChI is InChI=1S/C28H27F2N5O3S/c1-16-27(34(2)33-32-16)18-12-24-26(31-15-18)25-22(30)13-19(39(3,36)37)14-23(25)35(24)28(17-8-10-38-11-9-17)20-6-4-5-7-21(20)29/h4-7,12-15,17,28H,8-11H2,1-3H3/t28-/m0/s1/i1D3. The molecule has 1 saturated heterocycles.